The fourth-order valence-corrected chi connectivity index (χ4v) is 1.59. The molecule has 0 aliphatic heterocycles. The number of benzene rings is 1. The molecule has 0 saturated carbocycles. The third-order valence-corrected chi connectivity index (χ3v) is 2.40. The fourth-order valence-electron chi connectivity index (χ4n) is 1.59. The van der Waals surface area contributed by atoms with Gasteiger partial charge in [0.25, 0.3) is 0 Å². The highest BCUT2D eigenvalue weighted by atomic mass is 19.3. The molecule has 0 aliphatic rings. The predicted octanol–water partition coefficient (Wildman–Crippen LogP) is 3.62. The molecular weight excluding hydrogens is 263 g/mol. The molecule has 1 aromatic rings. The highest BCUT2D eigenvalue weighted by Crippen LogP contribution is 2.26. The van der Waals surface area contributed by atoms with Gasteiger partial charge in [-0.05, 0) is 23.2 Å². The van der Waals surface area contributed by atoms with E-state index in [1.807, 2.05) is 0 Å². The number of methoxy groups -OCH3 is 1. The van der Waals surface area contributed by atoms with Gasteiger partial charge in [0, 0.05) is 12.0 Å². The topological polar surface area (TPSA) is 67.2 Å². The zero-order valence-corrected chi connectivity index (χ0v) is 10.0. The average Bonchev–Trinajstić information content (AvgIpc) is 2.39. The summed E-state index contributed by atoms with van der Waals surface area (Å²) < 4.78 is 46.0. The van der Waals surface area contributed by atoms with Crippen molar-refractivity contribution in [2.24, 2.45) is 5.11 Å². The molecule has 0 fully saturated rings. The second-order valence-electron chi connectivity index (χ2n) is 3.53. The summed E-state index contributed by atoms with van der Waals surface area (Å²) >= 11 is 0. The Morgan fingerprint density at radius 3 is 2.37 bits per heavy atom. The number of ether oxygens (including phenoxy) is 2. The molecule has 0 saturated heterocycles. The van der Waals surface area contributed by atoms with E-state index in [2.05, 4.69) is 14.8 Å². The lowest BCUT2D eigenvalue weighted by Crippen LogP contribution is -2.20. The molecule has 0 heterocycles. The lowest BCUT2D eigenvalue weighted by atomic mass is 10.0. The minimum Gasteiger partial charge on any atom is -0.435 e. The number of azide groups is 1. The van der Waals surface area contributed by atoms with Crippen molar-refractivity contribution in [1.82, 2.24) is 0 Å². The molecule has 0 aliphatic carbocycles. The van der Waals surface area contributed by atoms with Crippen LogP contribution in [0.4, 0.5) is 13.2 Å². The molecule has 0 amide bonds. The molecule has 0 unspecified atom stereocenters. The van der Waals surface area contributed by atoms with Crippen LogP contribution in [-0.4, -0.2) is 26.4 Å². The maximum atomic E-state index is 12.7. The lowest BCUT2D eigenvalue weighted by Gasteiger charge is -2.20. The maximum Gasteiger partial charge on any atom is 0.387 e. The second kappa shape index (κ2) is 7.50. The number of alkyl halides is 3. The van der Waals surface area contributed by atoms with Crippen LogP contribution in [0.3, 0.4) is 0 Å². The summed E-state index contributed by atoms with van der Waals surface area (Å²) in [6.45, 7) is -3.80. The summed E-state index contributed by atoms with van der Waals surface area (Å²) in [6.07, 6.45) is -0.790. The van der Waals surface area contributed by atoms with Crippen LogP contribution < -0.4 is 4.74 Å². The van der Waals surface area contributed by atoms with Crippen molar-refractivity contribution >= 4 is 0 Å². The van der Waals surface area contributed by atoms with E-state index >= 15 is 0 Å². The van der Waals surface area contributed by atoms with Gasteiger partial charge in [-0.2, -0.15) is 8.78 Å². The van der Waals surface area contributed by atoms with Crippen molar-refractivity contribution in [3.05, 3.63) is 40.3 Å². The minimum atomic E-state index is -2.91. The molecule has 0 N–H and O–H groups in total. The number of halogens is 3. The van der Waals surface area contributed by atoms with Gasteiger partial charge < -0.3 is 9.47 Å². The van der Waals surface area contributed by atoms with Crippen LogP contribution in [0.15, 0.2) is 29.4 Å². The van der Waals surface area contributed by atoms with E-state index in [4.69, 9.17) is 10.3 Å². The third-order valence-electron chi connectivity index (χ3n) is 2.40. The first-order valence-corrected chi connectivity index (χ1v) is 5.30. The van der Waals surface area contributed by atoms with Gasteiger partial charge in [0.2, 0.25) is 0 Å². The summed E-state index contributed by atoms with van der Waals surface area (Å²) in [4.78, 5) is 2.54. The quantitative estimate of drug-likeness (QED) is 0.433. The Morgan fingerprint density at radius 2 is 1.95 bits per heavy atom. The van der Waals surface area contributed by atoms with Crippen LogP contribution in [0, 0.1) is 0 Å². The molecule has 104 valence electrons. The Hall–Kier alpha value is -1.92. The standard InChI is InChI=1S/C11H12F3N3O2/c1-18-10(9(6-12)16-17-15)7-2-4-8(5-3-7)19-11(13)14/h2-5,9-11H,6H2,1H3/t9-,10-/m1/s1. The zero-order valence-electron chi connectivity index (χ0n) is 10.0. The van der Waals surface area contributed by atoms with E-state index < -0.39 is 25.4 Å². The number of nitrogens with zero attached hydrogens (tertiary/aromatic N) is 3. The van der Waals surface area contributed by atoms with Gasteiger partial charge in [0.1, 0.15) is 12.4 Å². The summed E-state index contributed by atoms with van der Waals surface area (Å²) in [6, 6.07) is 4.48. The molecule has 0 bridgehead atoms. The molecule has 8 heteroatoms. The SMILES string of the molecule is CO[C@H](c1ccc(OC(F)F)cc1)[C@@H](CF)N=[N+]=[N-]. The molecule has 1 aromatic carbocycles. The van der Waals surface area contributed by atoms with Gasteiger partial charge >= 0.3 is 6.61 Å². The molecule has 2 atom stereocenters. The van der Waals surface area contributed by atoms with E-state index in [1.165, 1.54) is 31.4 Å². The van der Waals surface area contributed by atoms with Crippen LogP contribution in [0.1, 0.15) is 11.7 Å². The number of rotatable bonds is 7. The van der Waals surface area contributed by atoms with Crippen molar-refractivity contribution in [3.63, 3.8) is 0 Å². The molecule has 5 nitrogen and oxygen atoms in total. The Kier molecular flexibility index (Phi) is 5.98. The van der Waals surface area contributed by atoms with Gasteiger partial charge in [0.05, 0.1) is 12.1 Å². The zero-order chi connectivity index (χ0) is 14.3. The Bertz CT molecular complexity index is 435. The predicted molar refractivity (Wildman–Crippen MR) is 61.7 cm³/mol. The molecule has 1 rings (SSSR count). The summed E-state index contributed by atoms with van der Waals surface area (Å²) in [5.41, 5.74) is 8.83. The monoisotopic (exact) mass is 275 g/mol. The van der Waals surface area contributed by atoms with Crippen molar-refractivity contribution in [2.45, 2.75) is 18.8 Å². The van der Waals surface area contributed by atoms with Gasteiger partial charge in [0.15, 0.2) is 0 Å². The Labute approximate surface area is 107 Å². The first-order valence-electron chi connectivity index (χ1n) is 5.30. The summed E-state index contributed by atoms with van der Waals surface area (Å²) in [7, 11) is 1.34. The first kappa shape index (κ1) is 15.1. The van der Waals surface area contributed by atoms with Gasteiger partial charge in [-0.3, -0.25) is 4.39 Å². The molecule has 19 heavy (non-hydrogen) atoms. The smallest absolute Gasteiger partial charge is 0.387 e. The molecule has 0 radical (unpaired) electrons. The van der Waals surface area contributed by atoms with E-state index in [1.54, 1.807) is 0 Å². The maximum absolute atomic E-state index is 12.7. The van der Waals surface area contributed by atoms with Crippen molar-refractivity contribution in [1.29, 1.82) is 0 Å². The molecule has 0 spiro atoms. The normalized spacial score (nSPS) is 13.7. The minimum absolute atomic E-state index is 0.0193. The van der Waals surface area contributed by atoms with Crippen LogP contribution in [0.5, 0.6) is 5.75 Å². The van der Waals surface area contributed by atoms with Crippen molar-refractivity contribution < 1.29 is 22.6 Å². The van der Waals surface area contributed by atoms with Crippen LogP contribution in [0.2, 0.25) is 0 Å². The summed E-state index contributed by atoms with van der Waals surface area (Å²) in [5, 5.41) is 3.29. The molecule has 0 aromatic heterocycles. The number of hydrogen-bond acceptors (Lipinski definition) is 3. The van der Waals surface area contributed by atoms with E-state index in [-0.39, 0.29) is 5.75 Å². The van der Waals surface area contributed by atoms with E-state index in [0.29, 0.717) is 5.56 Å². The Morgan fingerprint density at radius 1 is 1.32 bits per heavy atom. The van der Waals surface area contributed by atoms with Crippen molar-refractivity contribution in [3.8, 4) is 5.75 Å². The average molecular weight is 275 g/mol. The van der Waals surface area contributed by atoms with E-state index in [9.17, 15) is 13.2 Å². The van der Waals surface area contributed by atoms with E-state index in [0.717, 1.165) is 0 Å². The molecular formula is C11H12F3N3O2. The van der Waals surface area contributed by atoms with Gasteiger partial charge in [-0.15, -0.1) is 0 Å². The summed E-state index contributed by atoms with van der Waals surface area (Å²) in [5.74, 6) is -0.0193. The Balaban J connectivity index is 2.89. The van der Waals surface area contributed by atoms with Crippen molar-refractivity contribution in [2.75, 3.05) is 13.8 Å². The highest BCUT2D eigenvalue weighted by molar-refractivity contribution is 5.29. The third kappa shape index (κ3) is 4.35. The van der Waals surface area contributed by atoms with Crippen LogP contribution in [-0.2, 0) is 4.74 Å². The lowest BCUT2D eigenvalue weighted by molar-refractivity contribution is -0.0498. The largest absolute Gasteiger partial charge is 0.435 e. The first-order chi connectivity index (χ1) is 9.12. The van der Waals surface area contributed by atoms with Gasteiger partial charge in [-0.25, -0.2) is 0 Å². The highest BCUT2D eigenvalue weighted by Gasteiger charge is 2.22. The van der Waals surface area contributed by atoms with Crippen LogP contribution >= 0.6 is 0 Å². The number of hydrogen-bond donors (Lipinski definition) is 0. The van der Waals surface area contributed by atoms with Gasteiger partial charge in [-0.1, -0.05) is 17.2 Å². The fraction of sp³-hybridized carbons (Fsp3) is 0.455. The van der Waals surface area contributed by atoms with Crippen LogP contribution in [0.25, 0.3) is 10.4 Å². The second-order valence-corrected chi connectivity index (χ2v) is 3.53.